The Labute approximate surface area is 190 Å². The van der Waals surface area contributed by atoms with E-state index in [-0.39, 0.29) is 11.5 Å². The number of phenolic OH excluding ortho intramolecular Hbond substituents is 1. The molecule has 0 bridgehead atoms. The predicted molar refractivity (Wildman–Crippen MR) is 119 cm³/mol. The monoisotopic (exact) mass is 539 g/mol. The molecular formula is C21H19Br2NO6. The normalized spacial score (nSPS) is 12.9. The Morgan fingerprint density at radius 2 is 1.77 bits per heavy atom. The van der Waals surface area contributed by atoms with Gasteiger partial charge in [-0.1, -0.05) is 28.9 Å². The van der Waals surface area contributed by atoms with Crippen LogP contribution in [0.25, 0.3) is 0 Å². The van der Waals surface area contributed by atoms with E-state index < -0.39 is 24.1 Å². The standard InChI is InChI=1S/C21H19Br2NO6/c1-11(3-8-18(26)27)20(16-9-14(22)10-17(23)19(16)28)30-21(29)24-15-6-4-13(5-7-15)12(2)25/h3-11,20,28H,1-2H3,(H,24,29)(H,26,27)/b8-3+/t11-,20-/m0/s1. The molecule has 0 aromatic heterocycles. The second-order valence-corrected chi connectivity index (χ2v) is 8.24. The summed E-state index contributed by atoms with van der Waals surface area (Å²) in [5.41, 5.74) is 1.21. The molecule has 9 heteroatoms. The van der Waals surface area contributed by atoms with Gasteiger partial charge in [-0.3, -0.25) is 10.1 Å². The summed E-state index contributed by atoms with van der Waals surface area (Å²) in [5, 5.41) is 21.9. The zero-order valence-electron chi connectivity index (χ0n) is 16.1. The summed E-state index contributed by atoms with van der Waals surface area (Å²) in [6, 6.07) is 9.49. The maximum Gasteiger partial charge on any atom is 0.412 e. The molecule has 0 radical (unpaired) electrons. The number of carboxylic acids is 1. The molecule has 0 saturated carbocycles. The summed E-state index contributed by atoms with van der Waals surface area (Å²) >= 11 is 6.57. The highest BCUT2D eigenvalue weighted by atomic mass is 79.9. The molecule has 0 aliphatic heterocycles. The van der Waals surface area contributed by atoms with E-state index in [1.54, 1.807) is 43.3 Å². The van der Waals surface area contributed by atoms with Crippen LogP contribution in [-0.2, 0) is 9.53 Å². The van der Waals surface area contributed by atoms with Crippen molar-refractivity contribution in [1.82, 2.24) is 0 Å². The lowest BCUT2D eigenvalue weighted by Crippen LogP contribution is -2.21. The molecule has 0 saturated heterocycles. The number of phenols is 1. The molecule has 158 valence electrons. The average Bonchev–Trinajstić information content (AvgIpc) is 2.67. The van der Waals surface area contributed by atoms with E-state index in [4.69, 9.17) is 9.84 Å². The first-order valence-electron chi connectivity index (χ1n) is 8.76. The lowest BCUT2D eigenvalue weighted by atomic mass is 9.96. The number of aromatic hydroxyl groups is 1. The quantitative estimate of drug-likeness (QED) is 0.307. The second kappa shape index (κ2) is 10.4. The number of carbonyl (C=O) groups is 3. The molecule has 7 nitrogen and oxygen atoms in total. The molecule has 2 aromatic rings. The molecule has 0 aliphatic carbocycles. The Kier molecular flexibility index (Phi) is 8.19. The van der Waals surface area contributed by atoms with Crippen LogP contribution in [0, 0.1) is 5.92 Å². The molecule has 0 unspecified atom stereocenters. The molecule has 0 fully saturated rings. The number of aliphatic carboxylic acids is 1. The average molecular weight is 541 g/mol. The summed E-state index contributed by atoms with van der Waals surface area (Å²) in [6.45, 7) is 3.10. The van der Waals surface area contributed by atoms with Gasteiger partial charge in [0.2, 0.25) is 0 Å². The zero-order valence-corrected chi connectivity index (χ0v) is 19.2. The van der Waals surface area contributed by atoms with Crippen LogP contribution in [0.1, 0.15) is 35.9 Å². The highest BCUT2D eigenvalue weighted by molar-refractivity contribution is 9.11. The van der Waals surface area contributed by atoms with Crippen molar-refractivity contribution in [2.24, 2.45) is 5.92 Å². The summed E-state index contributed by atoms with van der Waals surface area (Å²) in [6.07, 6.45) is 0.534. The van der Waals surface area contributed by atoms with Gasteiger partial charge in [-0.25, -0.2) is 9.59 Å². The molecule has 2 rings (SSSR count). The second-order valence-electron chi connectivity index (χ2n) is 6.47. The minimum absolute atomic E-state index is 0.0982. The number of nitrogens with one attached hydrogen (secondary N) is 1. The largest absolute Gasteiger partial charge is 0.506 e. The van der Waals surface area contributed by atoms with Crippen molar-refractivity contribution in [3.63, 3.8) is 0 Å². The van der Waals surface area contributed by atoms with Crippen molar-refractivity contribution in [3.8, 4) is 5.75 Å². The third kappa shape index (κ3) is 6.43. The number of amides is 1. The van der Waals surface area contributed by atoms with Crippen molar-refractivity contribution in [2.75, 3.05) is 5.32 Å². The molecule has 3 N–H and O–H groups in total. The molecule has 0 heterocycles. The van der Waals surface area contributed by atoms with E-state index in [9.17, 15) is 19.5 Å². The first-order chi connectivity index (χ1) is 14.1. The molecular weight excluding hydrogens is 522 g/mol. The smallest absolute Gasteiger partial charge is 0.412 e. The lowest BCUT2D eigenvalue weighted by molar-refractivity contribution is -0.131. The van der Waals surface area contributed by atoms with Crippen molar-refractivity contribution in [1.29, 1.82) is 0 Å². The minimum atomic E-state index is -1.14. The van der Waals surface area contributed by atoms with Crippen molar-refractivity contribution >= 4 is 55.4 Å². The predicted octanol–water partition coefficient (Wildman–Crippen LogP) is 5.69. The first-order valence-corrected chi connectivity index (χ1v) is 10.3. The molecule has 2 aromatic carbocycles. The zero-order chi connectivity index (χ0) is 22.4. The summed E-state index contributed by atoms with van der Waals surface area (Å²) in [5.74, 6) is -1.94. The fourth-order valence-electron chi connectivity index (χ4n) is 2.64. The number of ketones is 1. The Morgan fingerprint density at radius 1 is 1.13 bits per heavy atom. The van der Waals surface area contributed by atoms with Crippen LogP contribution in [0.4, 0.5) is 10.5 Å². The molecule has 0 aliphatic rings. The van der Waals surface area contributed by atoms with Gasteiger partial charge in [0.1, 0.15) is 11.9 Å². The number of hydrogen-bond donors (Lipinski definition) is 3. The van der Waals surface area contributed by atoms with Gasteiger partial charge in [0.25, 0.3) is 0 Å². The van der Waals surface area contributed by atoms with Crippen molar-refractivity contribution in [2.45, 2.75) is 20.0 Å². The van der Waals surface area contributed by atoms with Crippen molar-refractivity contribution < 1.29 is 29.3 Å². The van der Waals surface area contributed by atoms with Gasteiger partial charge >= 0.3 is 12.1 Å². The number of hydrogen-bond acceptors (Lipinski definition) is 5. The Morgan fingerprint density at radius 3 is 2.33 bits per heavy atom. The van der Waals surface area contributed by atoms with Gasteiger partial charge in [0.15, 0.2) is 5.78 Å². The van der Waals surface area contributed by atoms with Gasteiger partial charge in [0.05, 0.1) is 4.47 Å². The Bertz CT molecular complexity index is 988. The molecule has 2 atom stereocenters. The van der Waals surface area contributed by atoms with E-state index in [1.165, 1.54) is 13.0 Å². The minimum Gasteiger partial charge on any atom is -0.506 e. The molecule has 30 heavy (non-hydrogen) atoms. The van der Waals surface area contributed by atoms with Crippen LogP contribution in [0.15, 0.2) is 57.5 Å². The Hall–Kier alpha value is -2.65. The third-order valence-corrected chi connectivity index (χ3v) is 5.22. The van der Waals surface area contributed by atoms with Crippen LogP contribution in [-0.4, -0.2) is 28.1 Å². The first kappa shape index (κ1) is 23.6. The fraction of sp³-hybridized carbons (Fsp3) is 0.190. The number of halogens is 2. The molecule has 1 amide bonds. The maximum absolute atomic E-state index is 12.5. The third-order valence-electron chi connectivity index (χ3n) is 4.16. The highest BCUT2D eigenvalue weighted by Crippen LogP contribution is 2.40. The van der Waals surface area contributed by atoms with Crippen molar-refractivity contribution in [3.05, 3.63) is 68.6 Å². The Balaban J connectivity index is 2.29. The van der Waals surface area contributed by atoms with E-state index in [0.29, 0.717) is 25.8 Å². The highest BCUT2D eigenvalue weighted by Gasteiger charge is 2.27. The number of rotatable bonds is 7. The van der Waals surface area contributed by atoms with E-state index in [1.807, 2.05) is 0 Å². The van der Waals surface area contributed by atoms with Gasteiger partial charge in [-0.15, -0.1) is 0 Å². The summed E-state index contributed by atoms with van der Waals surface area (Å²) in [7, 11) is 0. The fourth-order valence-corrected chi connectivity index (χ4v) is 3.90. The molecule has 0 spiro atoms. The van der Waals surface area contributed by atoms with Gasteiger partial charge in [-0.2, -0.15) is 0 Å². The van der Waals surface area contributed by atoms with Gasteiger partial charge < -0.3 is 14.9 Å². The van der Waals surface area contributed by atoms with Crippen LogP contribution in [0.2, 0.25) is 0 Å². The van der Waals surface area contributed by atoms with Crippen LogP contribution < -0.4 is 5.32 Å². The summed E-state index contributed by atoms with van der Waals surface area (Å²) in [4.78, 5) is 34.7. The number of benzene rings is 2. The number of carboxylic acid groups (broad SMARTS) is 1. The SMILES string of the molecule is CC(=O)c1ccc(NC(=O)O[C@H](c2cc(Br)cc(Br)c2O)[C@@H](C)/C=C/C(=O)O)cc1. The summed E-state index contributed by atoms with van der Waals surface area (Å²) < 4.78 is 6.55. The topological polar surface area (TPSA) is 113 Å². The number of Topliss-reactive ketones (excluding diaryl/α,β-unsaturated/α-hetero) is 1. The number of ether oxygens (including phenoxy) is 1. The number of carbonyl (C=O) groups excluding carboxylic acids is 2. The van der Waals surface area contributed by atoms with Gasteiger partial charge in [0, 0.05) is 33.3 Å². The van der Waals surface area contributed by atoms with Crippen LogP contribution in [0.3, 0.4) is 0 Å². The van der Waals surface area contributed by atoms with E-state index in [0.717, 1.165) is 6.08 Å². The number of anilines is 1. The van der Waals surface area contributed by atoms with Crippen LogP contribution >= 0.6 is 31.9 Å². The maximum atomic E-state index is 12.5. The van der Waals surface area contributed by atoms with E-state index >= 15 is 0 Å². The lowest BCUT2D eigenvalue weighted by Gasteiger charge is -2.24. The van der Waals surface area contributed by atoms with Gasteiger partial charge in [-0.05, 0) is 59.3 Å². The van der Waals surface area contributed by atoms with Crippen LogP contribution in [0.5, 0.6) is 5.75 Å². The van der Waals surface area contributed by atoms with E-state index in [2.05, 4.69) is 37.2 Å².